The smallest absolute Gasteiger partial charge is 0.220 e. The molecule has 0 saturated carbocycles. The van der Waals surface area contributed by atoms with Gasteiger partial charge < -0.3 is 4.42 Å². The second kappa shape index (κ2) is 5.45. The molecule has 112 valence electrons. The molecule has 0 unspecified atom stereocenters. The normalized spacial score (nSPS) is 17.2. The predicted molar refractivity (Wildman–Crippen MR) is 92.7 cm³/mol. The molecule has 1 aromatic carbocycles. The lowest BCUT2D eigenvalue weighted by Gasteiger charge is -2.12. The number of nitrogens with zero attached hydrogens (tertiary/aromatic N) is 1. The van der Waals surface area contributed by atoms with Gasteiger partial charge in [0.25, 0.3) is 0 Å². The van der Waals surface area contributed by atoms with E-state index in [1.165, 1.54) is 11.1 Å². The van der Waals surface area contributed by atoms with Crippen LogP contribution in [0.4, 0.5) is 0 Å². The van der Waals surface area contributed by atoms with E-state index in [2.05, 4.69) is 69.1 Å². The van der Waals surface area contributed by atoms with Gasteiger partial charge in [-0.15, -0.1) is 0 Å². The molecular weight excluding hydrogens is 270 g/mol. The number of aryl methyl sites for hydroxylation is 2. The summed E-state index contributed by atoms with van der Waals surface area (Å²) in [6.07, 6.45) is 14.7. The number of allylic oxidation sites excluding steroid dienone is 7. The van der Waals surface area contributed by atoms with Gasteiger partial charge >= 0.3 is 0 Å². The van der Waals surface area contributed by atoms with Crippen molar-refractivity contribution in [3.05, 3.63) is 71.2 Å². The van der Waals surface area contributed by atoms with E-state index in [4.69, 9.17) is 4.42 Å². The van der Waals surface area contributed by atoms with Crippen LogP contribution in [0.1, 0.15) is 30.9 Å². The van der Waals surface area contributed by atoms with Crippen molar-refractivity contribution < 1.29 is 4.42 Å². The Labute approximate surface area is 131 Å². The summed E-state index contributed by atoms with van der Waals surface area (Å²) >= 11 is 0. The SMILES string of the molecule is Cc1cc2nc(/C=C/C3=CC=CC(C)(C)C=C3)oc2cc1C. The lowest BCUT2D eigenvalue weighted by molar-refractivity contribution is 0.589. The van der Waals surface area contributed by atoms with Crippen LogP contribution in [0.3, 0.4) is 0 Å². The predicted octanol–water partition coefficient (Wildman–Crippen LogP) is 5.54. The minimum absolute atomic E-state index is 0.0960. The molecule has 0 fully saturated rings. The fourth-order valence-electron chi connectivity index (χ4n) is 2.38. The second-order valence-corrected chi connectivity index (χ2v) is 6.47. The molecule has 0 N–H and O–H groups in total. The lowest BCUT2D eigenvalue weighted by Crippen LogP contribution is -2.00. The largest absolute Gasteiger partial charge is 0.437 e. The van der Waals surface area contributed by atoms with Crippen LogP contribution in [0.2, 0.25) is 0 Å². The van der Waals surface area contributed by atoms with Gasteiger partial charge in [-0.1, -0.05) is 44.2 Å². The summed E-state index contributed by atoms with van der Waals surface area (Å²) in [6.45, 7) is 8.55. The minimum atomic E-state index is 0.0960. The average molecular weight is 291 g/mol. The van der Waals surface area contributed by atoms with E-state index < -0.39 is 0 Å². The number of oxazole rings is 1. The van der Waals surface area contributed by atoms with E-state index in [-0.39, 0.29) is 5.41 Å². The van der Waals surface area contributed by atoms with Gasteiger partial charge in [0.15, 0.2) is 5.58 Å². The molecule has 0 amide bonds. The topological polar surface area (TPSA) is 26.0 Å². The van der Waals surface area contributed by atoms with Crippen LogP contribution in [0.5, 0.6) is 0 Å². The van der Waals surface area contributed by atoms with Crippen LogP contribution >= 0.6 is 0 Å². The van der Waals surface area contributed by atoms with Crippen molar-refractivity contribution in [2.75, 3.05) is 0 Å². The van der Waals surface area contributed by atoms with Crippen molar-refractivity contribution in [2.45, 2.75) is 27.7 Å². The van der Waals surface area contributed by atoms with Gasteiger partial charge in [0, 0.05) is 11.5 Å². The third-order valence-corrected chi connectivity index (χ3v) is 3.96. The average Bonchev–Trinajstić information content (AvgIpc) is 2.74. The summed E-state index contributed by atoms with van der Waals surface area (Å²) in [4.78, 5) is 4.53. The lowest BCUT2D eigenvalue weighted by atomic mass is 9.93. The number of aromatic nitrogens is 1. The van der Waals surface area contributed by atoms with E-state index in [0.717, 1.165) is 16.7 Å². The number of hydrogen-bond acceptors (Lipinski definition) is 2. The minimum Gasteiger partial charge on any atom is -0.437 e. The third kappa shape index (κ3) is 3.11. The van der Waals surface area contributed by atoms with Gasteiger partial charge in [-0.3, -0.25) is 0 Å². The van der Waals surface area contributed by atoms with E-state index in [0.29, 0.717) is 5.89 Å². The highest BCUT2D eigenvalue weighted by Crippen LogP contribution is 2.24. The van der Waals surface area contributed by atoms with Crippen molar-refractivity contribution in [2.24, 2.45) is 5.41 Å². The fraction of sp³-hybridized carbons (Fsp3) is 0.250. The third-order valence-electron chi connectivity index (χ3n) is 3.96. The maximum atomic E-state index is 5.80. The molecule has 22 heavy (non-hydrogen) atoms. The molecule has 0 bridgehead atoms. The van der Waals surface area contributed by atoms with Crippen LogP contribution < -0.4 is 0 Å². The standard InChI is InChI=1S/C20H21NO/c1-14-12-17-18(13-15(14)2)22-19(21-17)8-7-16-6-5-10-20(3,4)11-9-16/h5-13H,1-4H3/b8-7+. The Kier molecular flexibility index (Phi) is 3.61. The molecule has 2 heteroatoms. The molecule has 0 aliphatic heterocycles. The van der Waals surface area contributed by atoms with Crippen LogP contribution in [-0.4, -0.2) is 4.98 Å². The molecule has 1 aliphatic carbocycles. The van der Waals surface area contributed by atoms with Crippen molar-refractivity contribution in [1.82, 2.24) is 4.98 Å². The zero-order chi connectivity index (χ0) is 15.7. The monoisotopic (exact) mass is 291 g/mol. The molecule has 2 nitrogen and oxygen atoms in total. The summed E-state index contributed by atoms with van der Waals surface area (Å²) in [5.41, 5.74) is 5.44. The number of hydrogen-bond donors (Lipinski definition) is 0. The number of benzene rings is 1. The second-order valence-electron chi connectivity index (χ2n) is 6.47. The summed E-state index contributed by atoms with van der Waals surface area (Å²) in [6, 6.07) is 4.12. The zero-order valence-corrected chi connectivity index (χ0v) is 13.6. The Balaban J connectivity index is 1.87. The van der Waals surface area contributed by atoms with E-state index in [1.807, 2.05) is 18.2 Å². The molecule has 0 spiro atoms. The van der Waals surface area contributed by atoms with Gasteiger partial charge in [0.1, 0.15) is 5.52 Å². The van der Waals surface area contributed by atoms with Crippen molar-refractivity contribution in [3.8, 4) is 0 Å². The van der Waals surface area contributed by atoms with E-state index >= 15 is 0 Å². The van der Waals surface area contributed by atoms with Crippen molar-refractivity contribution in [3.63, 3.8) is 0 Å². The summed E-state index contributed by atoms with van der Waals surface area (Å²) < 4.78 is 5.80. The summed E-state index contributed by atoms with van der Waals surface area (Å²) in [7, 11) is 0. The molecule has 2 aromatic rings. The summed E-state index contributed by atoms with van der Waals surface area (Å²) in [5.74, 6) is 0.641. The molecular formula is C20H21NO. The van der Waals surface area contributed by atoms with Crippen molar-refractivity contribution >= 4 is 17.2 Å². The highest BCUT2D eigenvalue weighted by molar-refractivity contribution is 5.76. The van der Waals surface area contributed by atoms with E-state index in [1.54, 1.807) is 0 Å². The zero-order valence-electron chi connectivity index (χ0n) is 13.6. The fourth-order valence-corrected chi connectivity index (χ4v) is 2.38. The molecule has 1 heterocycles. The van der Waals surface area contributed by atoms with Gasteiger partial charge in [-0.05, 0) is 48.8 Å². The van der Waals surface area contributed by atoms with Crippen LogP contribution in [0.15, 0.2) is 58.6 Å². The first-order valence-corrected chi connectivity index (χ1v) is 7.58. The summed E-state index contributed by atoms with van der Waals surface area (Å²) in [5, 5.41) is 0. The molecule has 0 radical (unpaired) electrons. The van der Waals surface area contributed by atoms with Gasteiger partial charge in [0.05, 0.1) is 0 Å². The number of fused-ring (bicyclic) bond motifs is 1. The highest BCUT2D eigenvalue weighted by Gasteiger charge is 2.10. The first kappa shape index (κ1) is 14.6. The van der Waals surface area contributed by atoms with Crippen LogP contribution in [0.25, 0.3) is 17.2 Å². The molecule has 0 saturated heterocycles. The van der Waals surface area contributed by atoms with Crippen LogP contribution in [0, 0.1) is 19.3 Å². The molecule has 3 rings (SSSR count). The Hall–Kier alpha value is -2.35. The van der Waals surface area contributed by atoms with Gasteiger partial charge in [0.2, 0.25) is 5.89 Å². The Morgan fingerprint density at radius 3 is 2.64 bits per heavy atom. The first-order valence-electron chi connectivity index (χ1n) is 7.58. The van der Waals surface area contributed by atoms with Crippen molar-refractivity contribution in [1.29, 1.82) is 0 Å². The first-order chi connectivity index (χ1) is 10.4. The molecule has 1 aliphatic rings. The highest BCUT2D eigenvalue weighted by atomic mass is 16.3. The Morgan fingerprint density at radius 2 is 1.82 bits per heavy atom. The quantitative estimate of drug-likeness (QED) is 0.726. The molecule has 1 aromatic heterocycles. The number of rotatable bonds is 2. The van der Waals surface area contributed by atoms with Gasteiger partial charge in [-0.25, -0.2) is 4.98 Å². The molecule has 0 atom stereocenters. The van der Waals surface area contributed by atoms with E-state index in [9.17, 15) is 0 Å². The Bertz CT molecular complexity index is 790. The maximum Gasteiger partial charge on any atom is 0.220 e. The maximum absolute atomic E-state index is 5.80. The van der Waals surface area contributed by atoms with Gasteiger partial charge in [-0.2, -0.15) is 0 Å². The Morgan fingerprint density at radius 1 is 1.05 bits per heavy atom. The van der Waals surface area contributed by atoms with Crippen LogP contribution in [-0.2, 0) is 0 Å².